The first-order chi connectivity index (χ1) is 8.63. The quantitative estimate of drug-likeness (QED) is 0.550. The van der Waals surface area contributed by atoms with E-state index in [4.69, 9.17) is 0 Å². The summed E-state index contributed by atoms with van der Waals surface area (Å²) in [6.45, 7) is 9.56. The van der Waals surface area contributed by atoms with Gasteiger partial charge in [-0.05, 0) is 48.3 Å². The standard InChI is InChI=1S/C17H25N/c1-5-6-7-8-14-11-16(13(2)3)12-15-9-10-18(4)17(14)15/h5,11-13H,1,6-10H2,2-4H3. The summed E-state index contributed by atoms with van der Waals surface area (Å²) in [5.41, 5.74) is 6.09. The van der Waals surface area contributed by atoms with Gasteiger partial charge in [0.15, 0.2) is 0 Å². The number of fused-ring (bicyclic) bond motifs is 1. The first-order valence-corrected chi connectivity index (χ1v) is 7.11. The highest BCUT2D eigenvalue weighted by molar-refractivity contribution is 5.64. The molecule has 0 amide bonds. The Labute approximate surface area is 112 Å². The van der Waals surface area contributed by atoms with E-state index in [0.717, 1.165) is 6.42 Å². The fourth-order valence-electron chi connectivity index (χ4n) is 2.83. The van der Waals surface area contributed by atoms with Crippen LogP contribution in [-0.4, -0.2) is 13.6 Å². The number of hydrogen-bond acceptors (Lipinski definition) is 1. The molecule has 98 valence electrons. The van der Waals surface area contributed by atoms with Gasteiger partial charge in [0.05, 0.1) is 0 Å². The number of anilines is 1. The van der Waals surface area contributed by atoms with Gasteiger partial charge in [0.25, 0.3) is 0 Å². The van der Waals surface area contributed by atoms with Gasteiger partial charge < -0.3 is 4.90 Å². The summed E-state index contributed by atoms with van der Waals surface area (Å²) in [6, 6.07) is 4.84. The Morgan fingerprint density at radius 2 is 2.17 bits per heavy atom. The molecule has 1 heterocycles. The highest BCUT2D eigenvalue weighted by Crippen LogP contribution is 2.34. The zero-order valence-corrected chi connectivity index (χ0v) is 12.0. The summed E-state index contributed by atoms with van der Waals surface area (Å²) in [6.07, 6.45) is 6.74. The highest BCUT2D eigenvalue weighted by Gasteiger charge is 2.20. The number of nitrogens with zero attached hydrogens (tertiary/aromatic N) is 1. The van der Waals surface area contributed by atoms with Crippen molar-refractivity contribution in [3.8, 4) is 0 Å². The van der Waals surface area contributed by atoms with Crippen LogP contribution < -0.4 is 4.90 Å². The van der Waals surface area contributed by atoms with Gasteiger partial charge in [-0.2, -0.15) is 0 Å². The van der Waals surface area contributed by atoms with E-state index >= 15 is 0 Å². The fraction of sp³-hybridized carbons (Fsp3) is 0.529. The van der Waals surface area contributed by atoms with Crippen LogP contribution in [0.4, 0.5) is 5.69 Å². The maximum absolute atomic E-state index is 3.81. The molecule has 1 nitrogen and oxygen atoms in total. The summed E-state index contributed by atoms with van der Waals surface area (Å²) in [7, 11) is 2.22. The fourth-order valence-corrected chi connectivity index (χ4v) is 2.83. The van der Waals surface area contributed by atoms with Crippen molar-refractivity contribution >= 4 is 5.69 Å². The predicted octanol–water partition coefficient (Wildman–Crippen LogP) is 4.31. The third-order valence-electron chi connectivity index (χ3n) is 3.91. The van der Waals surface area contributed by atoms with Gasteiger partial charge in [0.2, 0.25) is 0 Å². The minimum absolute atomic E-state index is 0.624. The first-order valence-electron chi connectivity index (χ1n) is 7.11. The van der Waals surface area contributed by atoms with Crippen LogP contribution in [0.25, 0.3) is 0 Å². The Morgan fingerprint density at radius 1 is 1.39 bits per heavy atom. The van der Waals surface area contributed by atoms with E-state index in [1.54, 1.807) is 5.56 Å². The summed E-state index contributed by atoms with van der Waals surface area (Å²) >= 11 is 0. The number of likely N-dealkylation sites (N-methyl/N-ethyl adjacent to an activating group) is 1. The summed E-state index contributed by atoms with van der Waals surface area (Å²) < 4.78 is 0. The van der Waals surface area contributed by atoms with Crippen molar-refractivity contribution in [2.45, 2.75) is 45.4 Å². The molecule has 0 N–H and O–H groups in total. The van der Waals surface area contributed by atoms with E-state index in [0.29, 0.717) is 5.92 Å². The smallest absolute Gasteiger partial charge is 0.0429 e. The van der Waals surface area contributed by atoms with Crippen molar-refractivity contribution in [3.63, 3.8) is 0 Å². The van der Waals surface area contributed by atoms with Crippen LogP contribution in [0.15, 0.2) is 24.8 Å². The number of rotatable bonds is 5. The Kier molecular flexibility index (Phi) is 4.11. The molecule has 0 aliphatic carbocycles. The van der Waals surface area contributed by atoms with Crippen LogP contribution in [0.1, 0.15) is 49.3 Å². The SMILES string of the molecule is C=CCCCc1cc(C(C)C)cc2c1N(C)CC2. The largest absolute Gasteiger partial charge is 0.374 e. The molecule has 0 atom stereocenters. The van der Waals surface area contributed by atoms with Gasteiger partial charge >= 0.3 is 0 Å². The lowest BCUT2D eigenvalue weighted by Gasteiger charge is -2.19. The van der Waals surface area contributed by atoms with Crippen molar-refractivity contribution in [2.75, 3.05) is 18.5 Å². The number of benzene rings is 1. The van der Waals surface area contributed by atoms with Crippen LogP contribution >= 0.6 is 0 Å². The Morgan fingerprint density at radius 3 is 2.83 bits per heavy atom. The van der Waals surface area contributed by atoms with Crippen LogP contribution in [0.5, 0.6) is 0 Å². The van der Waals surface area contributed by atoms with Gasteiger partial charge in [-0.25, -0.2) is 0 Å². The van der Waals surface area contributed by atoms with Crippen LogP contribution in [0, 0.1) is 0 Å². The molecule has 1 aromatic carbocycles. The minimum Gasteiger partial charge on any atom is -0.374 e. The number of allylic oxidation sites excluding steroid dienone is 1. The summed E-state index contributed by atoms with van der Waals surface area (Å²) in [5, 5.41) is 0. The molecule has 2 rings (SSSR count). The van der Waals surface area contributed by atoms with Crippen LogP contribution in [0.3, 0.4) is 0 Å². The first kappa shape index (κ1) is 13.2. The third kappa shape index (κ3) is 2.60. The van der Waals surface area contributed by atoms with Crippen molar-refractivity contribution in [3.05, 3.63) is 41.5 Å². The van der Waals surface area contributed by atoms with Gasteiger partial charge in [0.1, 0.15) is 0 Å². The molecule has 1 heteroatoms. The topological polar surface area (TPSA) is 3.24 Å². The lowest BCUT2D eigenvalue weighted by atomic mass is 9.94. The molecular formula is C17H25N. The average molecular weight is 243 g/mol. The monoisotopic (exact) mass is 243 g/mol. The second kappa shape index (κ2) is 5.60. The predicted molar refractivity (Wildman–Crippen MR) is 80.6 cm³/mol. The van der Waals surface area contributed by atoms with Gasteiger partial charge in [0, 0.05) is 19.3 Å². The van der Waals surface area contributed by atoms with Crippen LogP contribution in [-0.2, 0) is 12.8 Å². The minimum atomic E-state index is 0.624. The Hall–Kier alpha value is -1.24. The van der Waals surface area contributed by atoms with Crippen molar-refractivity contribution in [1.82, 2.24) is 0 Å². The van der Waals surface area contributed by atoms with Crippen molar-refractivity contribution < 1.29 is 0 Å². The molecule has 0 fully saturated rings. The molecule has 0 radical (unpaired) electrons. The molecule has 0 unspecified atom stereocenters. The zero-order valence-electron chi connectivity index (χ0n) is 12.0. The second-order valence-corrected chi connectivity index (χ2v) is 5.69. The maximum atomic E-state index is 3.81. The molecule has 1 aliphatic heterocycles. The Balaban J connectivity index is 2.32. The molecule has 1 aromatic rings. The third-order valence-corrected chi connectivity index (χ3v) is 3.91. The molecule has 18 heavy (non-hydrogen) atoms. The molecule has 0 bridgehead atoms. The highest BCUT2D eigenvalue weighted by atomic mass is 15.1. The maximum Gasteiger partial charge on any atom is 0.0429 e. The van der Waals surface area contributed by atoms with Gasteiger partial charge in [-0.15, -0.1) is 6.58 Å². The van der Waals surface area contributed by atoms with Crippen LogP contribution in [0.2, 0.25) is 0 Å². The molecule has 1 aliphatic rings. The van der Waals surface area contributed by atoms with Crippen molar-refractivity contribution in [1.29, 1.82) is 0 Å². The molecule has 0 aromatic heterocycles. The lowest BCUT2D eigenvalue weighted by molar-refractivity contribution is 0.825. The zero-order chi connectivity index (χ0) is 13.1. The second-order valence-electron chi connectivity index (χ2n) is 5.69. The van der Waals surface area contributed by atoms with E-state index in [-0.39, 0.29) is 0 Å². The molecule has 0 saturated heterocycles. The average Bonchev–Trinajstić information content (AvgIpc) is 2.71. The number of aryl methyl sites for hydroxylation is 1. The number of hydrogen-bond donors (Lipinski definition) is 0. The van der Waals surface area contributed by atoms with Crippen molar-refractivity contribution in [2.24, 2.45) is 0 Å². The van der Waals surface area contributed by atoms with Gasteiger partial charge in [-0.1, -0.05) is 32.1 Å². The normalized spacial score (nSPS) is 14.1. The van der Waals surface area contributed by atoms with E-state index in [2.05, 4.69) is 44.5 Å². The summed E-state index contributed by atoms with van der Waals surface area (Å²) in [4.78, 5) is 2.42. The van der Waals surface area contributed by atoms with E-state index in [1.807, 2.05) is 6.08 Å². The van der Waals surface area contributed by atoms with Gasteiger partial charge in [-0.3, -0.25) is 0 Å². The number of unbranched alkanes of at least 4 members (excludes halogenated alkanes) is 1. The Bertz CT molecular complexity index is 431. The van der Waals surface area contributed by atoms with E-state index < -0.39 is 0 Å². The van der Waals surface area contributed by atoms with E-state index in [1.165, 1.54) is 42.6 Å². The van der Waals surface area contributed by atoms with E-state index in [9.17, 15) is 0 Å². The molecular weight excluding hydrogens is 218 g/mol. The summed E-state index contributed by atoms with van der Waals surface area (Å²) in [5.74, 6) is 0.624. The lowest BCUT2D eigenvalue weighted by Crippen LogP contribution is -2.14. The molecule has 0 spiro atoms. The molecule has 0 saturated carbocycles.